The van der Waals surface area contributed by atoms with E-state index in [9.17, 15) is 18.0 Å². The fourth-order valence-electron chi connectivity index (χ4n) is 3.31. The molecule has 0 aliphatic carbocycles. The average Bonchev–Trinajstić information content (AvgIpc) is 3.18. The van der Waals surface area contributed by atoms with Gasteiger partial charge in [0.15, 0.2) is 0 Å². The largest absolute Gasteiger partial charge is 0.420 e. The molecule has 1 unspecified atom stereocenters. The summed E-state index contributed by atoms with van der Waals surface area (Å²) < 4.78 is 45.8. The van der Waals surface area contributed by atoms with E-state index in [4.69, 9.17) is 4.42 Å². The third-order valence-electron chi connectivity index (χ3n) is 4.75. The summed E-state index contributed by atoms with van der Waals surface area (Å²) in [5.41, 5.74) is 0.428. The van der Waals surface area contributed by atoms with Gasteiger partial charge in [0.2, 0.25) is 11.8 Å². The Labute approximate surface area is 158 Å². The van der Waals surface area contributed by atoms with Gasteiger partial charge in [-0.25, -0.2) is 13.2 Å². The minimum atomic E-state index is -0.886. The quantitative estimate of drug-likeness (QED) is 0.677. The van der Waals surface area contributed by atoms with Gasteiger partial charge < -0.3 is 9.32 Å². The van der Waals surface area contributed by atoms with Crippen molar-refractivity contribution in [2.75, 3.05) is 13.1 Å². The molecule has 8 heteroatoms. The summed E-state index contributed by atoms with van der Waals surface area (Å²) in [6.07, 6.45) is 1.42. The predicted octanol–water partition coefficient (Wildman–Crippen LogP) is 4.17. The molecule has 2 heterocycles. The number of amides is 1. The molecule has 0 saturated carbocycles. The summed E-state index contributed by atoms with van der Waals surface area (Å²) in [7, 11) is 0. The highest BCUT2D eigenvalue weighted by Gasteiger charge is 2.30. The SMILES string of the molecule is O=C(c1ccc(F)cc1F)N1CCCC(c2nnc(-c3ccc(F)cc3)o2)C1. The number of nitrogens with zero attached hydrogens (tertiary/aromatic N) is 3. The van der Waals surface area contributed by atoms with E-state index in [1.54, 1.807) is 12.1 Å². The Morgan fingerprint density at radius 1 is 1.04 bits per heavy atom. The number of piperidine rings is 1. The number of rotatable bonds is 3. The number of carbonyl (C=O) groups excluding carboxylic acids is 1. The third-order valence-corrected chi connectivity index (χ3v) is 4.75. The lowest BCUT2D eigenvalue weighted by Gasteiger charge is -2.31. The molecule has 0 N–H and O–H groups in total. The third kappa shape index (κ3) is 3.62. The number of hydrogen-bond donors (Lipinski definition) is 0. The standard InChI is InChI=1S/C20H16F3N3O2/c21-14-5-3-12(4-6-14)18-24-25-19(28-18)13-2-1-9-26(11-13)20(27)16-8-7-15(22)10-17(16)23/h3-8,10,13H,1-2,9,11H2. The van der Waals surface area contributed by atoms with Gasteiger partial charge in [0, 0.05) is 24.7 Å². The van der Waals surface area contributed by atoms with Crippen molar-refractivity contribution in [1.29, 1.82) is 0 Å². The highest BCUT2D eigenvalue weighted by atomic mass is 19.1. The zero-order chi connectivity index (χ0) is 19.7. The van der Waals surface area contributed by atoms with Gasteiger partial charge in [0.25, 0.3) is 5.91 Å². The molecule has 5 nitrogen and oxygen atoms in total. The number of benzene rings is 2. The molecule has 1 aliphatic heterocycles. The Bertz CT molecular complexity index is 1000. The minimum Gasteiger partial charge on any atom is -0.420 e. The molecule has 144 valence electrons. The maximum absolute atomic E-state index is 13.9. The summed E-state index contributed by atoms with van der Waals surface area (Å²) in [6.45, 7) is 0.756. The lowest BCUT2D eigenvalue weighted by Crippen LogP contribution is -2.39. The van der Waals surface area contributed by atoms with E-state index in [1.807, 2.05) is 0 Å². The molecule has 1 aliphatic rings. The molecule has 3 aromatic rings. The Hall–Kier alpha value is -3.16. The summed E-state index contributed by atoms with van der Waals surface area (Å²) in [4.78, 5) is 14.1. The first-order valence-corrected chi connectivity index (χ1v) is 8.85. The van der Waals surface area contributed by atoms with Gasteiger partial charge in [0.05, 0.1) is 11.5 Å². The topological polar surface area (TPSA) is 59.2 Å². The molecule has 0 bridgehead atoms. The van der Waals surface area contributed by atoms with E-state index in [-0.39, 0.29) is 23.2 Å². The zero-order valence-corrected chi connectivity index (χ0v) is 14.7. The number of aromatic nitrogens is 2. The molecule has 0 radical (unpaired) electrons. The molecule has 4 rings (SSSR count). The van der Waals surface area contributed by atoms with Crippen molar-refractivity contribution in [3.8, 4) is 11.5 Å². The van der Waals surface area contributed by atoms with Gasteiger partial charge in [0.1, 0.15) is 17.5 Å². The number of hydrogen-bond acceptors (Lipinski definition) is 4. The van der Waals surface area contributed by atoms with Crippen molar-refractivity contribution >= 4 is 5.91 Å². The molecule has 28 heavy (non-hydrogen) atoms. The molecular formula is C20H16F3N3O2. The molecule has 1 aromatic heterocycles. The van der Waals surface area contributed by atoms with Gasteiger partial charge in [-0.2, -0.15) is 0 Å². The van der Waals surface area contributed by atoms with Crippen molar-refractivity contribution < 1.29 is 22.4 Å². The summed E-state index contributed by atoms with van der Waals surface area (Å²) in [5.74, 6) is -2.03. The first kappa shape index (κ1) is 18.2. The van der Waals surface area contributed by atoms with Gasteiger partial charge >= 0.3 is 0 Å². The second kappa shape index (κ2) is 7.46. The van der Waals surface area contributed by atoms with Crippen LogP contribution in [0.4, 0.5) is 13.2 Å². The highest BCUT2D eigenvalue weighted by Crippen LogP contribution is 2.29. The van der Waals surface area contributed by atoms with Crippen LogP contribution in [-0.4, -0.2) is 34.1 Å². The van der Waals surface area contributed by atoms with Crippen LogP contribution < -0.4 is 0 Å². The second-order valence-corrected chi connectivity index (χ2v) is 6.67. The van der Waals surface area contributed by atoms with Crippen molar-refractivity contribution in [2.24, 2.45) is 0 Å². The fraction of sp³-hybridized carbons (Fsp3) is 0.250. The van der Waals surface area contributed by atoms with Crippen LogP contribution in [0.1, 0.15) is 35.0 Å². The van der Waals surface area contributed by atoms with Crippen LogP contribution in [0.25, 0.3) is 11.5 Å². The zero-order valence-electron chi connectivity index (χ0n) is 14.7. The lowest BCUT2D eigenvalue weighted by atomic mass is 9.97. The lowest BCUT2D eigenvalue weighted by molar-refractivity contribution is 0.0693. The van der Waals surface area contributed by atoms with E-state index in [0.717, 1.165) is 18.6 Å². The number of halogens is 3. The second-order valence-electron chi connectivity index (χ2n) is 6.67. The first-order valence-electron chi connectivity index (χ1n) is 8.85. The summed E-state index contributed by atoms with van der Waals surface area (Å²) >= 11 is 0. The monoisotopic (exact) mass is 387 g/mol. The van der Waals surface area contributed by atoms with E-state index < -0.39 is 17.5 Å². The molecule has 0 spiro atoms. The number of likely N-dealkylation sites (tertiary alicyclic amines) is 1. The fourth-order valence-corrected chi connectivity index (χ4v) is 3.31. The van der Waals surface area contributed by atoms with Crippen LogP contribution in [0.2, 0.25) is 0 Å². The molecule has 1 fully saturated rings. The maximum Gasteiger partial charge on any atom is 0.256 e. The van der Waals surface area contributed by atoms with Gasteiger partial charge in [-0.1, -0.05) is 0 Å². The molecular weight excluding hydrogens is 371 g/mol. The average molecular weight is 387 g/mol. The highest BCUT2D eigenvalue weighted by molar-refractivity contribution is 5.94. The Morgan fingerprint density at radius 3 is 2.54 bits per heavy atom. The van der Waals surface area contributed by atoms with E-state index in [1.165, 1.54) is 17.0 Å². The van der Waals surface area contributed by atoms with Crippen LogP contribution in [0, 0.1) is 17.5 Å². The molecule has 2 aromatic carbocycles. The van der Waals surface area contributed by atoms with Crippen molar-refractivity contribution in [3.05, 3.63) is 71.4 Å². The maximum atomic E-state index is 13.9. The van der Waals surface area contributed by atoms with Crippen LogP contribution in [-0.2, 0) is 0 Å². The Kier molecular flexibility index (Phi) is 4.85. The van der Waals surface area contributed by atoms with Crippen molar-refractivity contribution in [1.82, 2.24) is 15.1 Å². The predicted molar refractivity (Wildman–Crippen MR) is 93.9 cm³/mol. The van der Waals surface area contributed by atoms with Gasteiger partial charge in [-0.3, -0.25) is 4.79 Å². The molecule has 1 amide bonds. The summed E-state index contributed by atoms with van der Waals surface area (Å²) in [5, 5.41) is 8.06. The smallest absolute Gasteiger partial charge is 0.256 e. The Balaban J connectivity index is 1.51. The van der Waals surface area contributed by atoms with E-state index in [0.29, 0.717) is 37.0 Å². The van der Waals surface area contributed by atoms with Crippen molar-refractivity contribution in [2.45, 2.75) is 18.8 Å². The van der Waals surface area contributed by atoms with E-state index in [2.05, 4.69) is 10.2 Å². The van der Waals surface area contributed by atoms with Crippen LogP contribution in [0.3, 0.4) is 0 Å². The van der Waals surface area contributed by atoms with Crippen molar-refractivity contribution in [3.63, 3.8) is 0 Å². The van der Waals surface area contributed by atoms with Crippen LogP contribution >= 0.6 is 0 Å². The normalized spacial score (nSPS) is 17.0. The number of carbonyl (C=O) groups is 1. The van der Waals surface area contributed by atoms with Gasteiger partial charge in [-0.05, 0) is 49.2 Å². The molecule has 1 saturated heterocycles. The molecule has 1 atom stereocenters. The van der Waals surface area contributed by atoms with Crippen LogP contribution in [0.15, 0.2) is 46.9 Å². The minimum absolute atomic E-state index is 0.167. The summed E-state index contributed by atoms with van der Waals surface area (Å²) in [6, 6.07) is 8.60. The Morgan fingerprint density at radius 2 is 1.79 bits per heavy atom. The van der Waals surface area contributed by atoms with Gasteiger partial charge in [-0.15, -0.1) is 10.2 Å². The van der Waals surface area contributed by atoms with E-state index >= 15 is 0 Å². The van der Waals surface area contributed by atoms with Crippen LogP contribution in [0.5, 0.6) is 0 Å². The first-order chi connectivity index (χ1) is 13.5.